The van der Waals surface area contributed by atoms with Gasteiger partial charge in [-0.2, -0.15) is 0 Å². The first-order valence-corrected chi connectivity index (χ1v) is 6.01. The van der Waals surface area contributed by atoms with Crippen LogP contribution in [0, 0.1) is 0 Å². The van der Waals surface area contributed by atoms with E-state index in [-0.39, 0.29) is 12.2 Å². The average Bonchev–Trinajstić information content (AvgIpc) is 2.91. The maximum atomic E-state index is 12.1. The van der Waals surface area contributed by atoms with Gasteiger partial charge in [0.1, 0.15) is 6.61 Å². The van der Waals surface area contributed by atoms with Crippen LogP contribution in [-0.4, -0.2) is 24.8 Å². The maximum absolute atomic E-state index is 12.1. The molecule has 0 aliphatic carbocycles. The number of carbonyl (C=O) groups excluding carboxylic acids is 1. The summed E-state index contributed by atoms with van der Waals surface area (Å²) in [4.78, 5) is 16.2. The number of hydrogen-bond donors (Lipinski definition) is 0. The van der Waals surface area contributed by atoms with E-state index in [1.54, 1.807) is 0 Å². The lowest BCUT2D eigenvalue weighted by atomic mass is 10.0. The van der Waals surface area contributed by atoms with Crippen LogP contribution in [0.5, 0.6) is 0 Å². The highest BCUT2D eigenvalue weighted by molar-refractivity contribution is 6.09. The quantitative estimate of drug-likeness (QED) is 0.772. The number of ether oxygens (including phenoxy) is 1. The van der Waals surface area contributed by atoms with Crippen LogP contribution in [0.2, 0.25) is 0 Å². The van der Waals surface area contributed by atoms with Gasteiger partial charge in [-0.25, -0.2) is 0 Å². The Morgan fingerprint density at radius 1 is 1.17 bits per heavy atom. The van der Waals surface area contributed by atoms with E-state index < -0.39 is 0 Å². The maximum Gasteiger partial charge on any atom is 0.191 e. The predicted octanol–water partition coefficient (Wildman–Crippen LogP) is 2.84. The van der Waals surface area contributed by atoms with Gasteiger partial charge in [-0.15, -0.1) is 0 Å². The van der Waals surface area contributed by atoms with Gasteiger partial charge in [-0.05, 0) is 16.8 Å². The average molecular weight is 239 g/mol. The normalized spacial score (nSPS) is 14.3. The van der Waals surface area contributed by atoms with Crippen molar-refractivity contribution < 1.29 is 9.53 Å². The Hall–Kier alpha value is -2.16. The number of benzene rings is 2. The molecule has 1 aliphatic heterocycles. The summed E-state index contributed by atoms with van der Waals surface area (Å²) in [6.45, 7) is 1.26. The Balaban J connectivity index is 1.87. The van der Waals surface area contributed by atoms with Crippen LogP contribution in [0.3, 0.4) is 0 Å². The Bertz CT molecular complexity index is 631. The van der Waals surface area contributed by atoms with Crippen molar-refractivity contribution in [3.8, 4) is 0 Å². The van der Waals surface area contributed by atoms with Crippen molar-refractivity contribution in [1.82, 2.24) is 0 Å². The summed E-state index contributed by atoms with van der Waals surface area (Å²) >= 11 is 0. The van der Waals surface area contributed by atoms with Gasteiger partial charge in [0.15, 0.2) is 11.7 Å². The van der Waals surface area contributed by atoms with E-state index in [9.17, 15) is 4.79 Å². The second-order valence-electron chi connectivity index (χ2n) is 4.29. The van der Waals surface area contributed by atoms with Gasteiger partial charge in [-0.3, -0.25) is 9.79 Å². The van der Waals surface area contributed by atoms with Crippen LogP contribution in [0.25, 0.3) is 10.8 Å². The van der Waals surface area contributed by atoms with E-state index in [0.717, 1.165) is 10.8 Å². The fourth-order valence-electron chi connectivity index (χ4n) is 2.09. The van der Waals surface area contributed by atoms with Gasteiger partial charge in [0, 0.05) is 5.56 Å². The summed E-state index contributed by atoms with van der Waals surface area (Å²) in [7, 11) is 0. The second kappa shape index (κ2) is 4.61. The highest BCUT2D eigenvalue weighted by Crippen LogP contribution is 2.17. The van der Waals surface area contributed by atoms with Crippen molar-refractivity contribution in [1.29, 1.82) is 0 Å². The van der Waals surface area contributed by atoms with Crippen molar-refractivity contribution >= 4 is 22.5 Å². The molecule has 3 heteroatoms. The highest BCUT2D eigenvalue weighted by atomic mass is 16.5. The van der Waals surface area contributed by atoms with E-state index in [0.29, 0.717) is 24.6 Å². The van der Waals surface area contributed by atoms with E-state index in [2.05, 4.69) is 4.99 Å². The molecule has 0 saturated carbocycles. The van der Waals surface area contributed by atoms with Crippen LogP contribution in [0.15, 0.2) is 47.5 Å². The molecule has 0 aromatic heterocycles. The standard InChI is InChI=1S/C15H13NO2/c17-14(10-15-16-7-8-18-15)13-6-5-11-3-1-2-4-12(11)9-13/h1-6,9H,7-8,10H2. The van der Waals surface area contributed by atoms with E-state index in [4.69, 9.17) is 4.74 Å². The van der Waals surface area contributed by atoms with Crippen LogP contribution < -0.4 is 0 Å². The summed E-state index contributed by atoms with van der Waals surface area (Å²) in [5, 5.41) is 2.22. The number of rotatable bonds is 3. The molecule has 0 amide bonds. The number of carbonyl (C=O) groups is 1. The monoisotopic (exact) mass is 239 g/mol. The number of nitrogens with zero attached hydrogens (tertiary/aromatic N) is 1. The third-order valence-corrected chi connectivity index (χ3v) is 3.03. The number of ketones is 1. The van der Waals surface area contributed by atoms with Gasteiger partial charge >= 0.3 is 0 Å². The van der Waals surface area contributed by atoms with Gasteiger partial charge in [-0.1, -0.05) is 36.4 Å². The first-order valence-electron chi connectivity index (χ1n) is 6.01. The van der Waals surface area contributed by atoms with Crippen molar-refractivity contribution in [2.24, 2.45) is 4.99 Å². The van der Waals surface area contributed by atoms with E-state index >= 15 is 0 Å². The summed E-state index contributed by atoms with van der Waals surface area (Å²) in [6.07, 6.45) is 0.262. The van der Waals surface area contributed by atoms with Crippen molar-refractivity contribution in [3.63, 3.8) is 0 Å². The zero-order chi connectivity index (χ0) is 12.4. The molecule has 0 fully saturated rings. The summed E-state index contributed by atoms with van der Waals surface area (Å²) < 4.78 is 5.26. The molecule has 0 unspecified atom stereocenters. The summed E-state index contributed by atoms with van der Waals surface area (Å²) in [5.41, 5.74) is 0.715. The van der Waals surface area contributed by atoms with Crippen molar-refractivity contribution in [3.05, 3.63) is 48.0 Å². The Labute approximate surface area is 105 Å². The SMILES string of the molecule is O=C(CC1=NCCO1)c1ccc2ccccc2c1. The van der Waals surface area contributed by atoms with Gasteiger partial charge in [0.2, 0.25) is 0 Å². The van der Waals surface area contributed by atoms with Crippen molar-refractivity contribution in [2.75, 3.05) is 13.2 Å². The molecule has 0 bridgehead atoms. The molecule has 0 N–H and O–H groups in total. The Kier molecular flexibility index (Phi) is 2.81. The highest BCUT2D eigenvalue weighted by Gasteiger charge is 2.14. The van der Waals surface area contributed by atoms with Gasteiger partial charge in [0.25, 0.3) is 0 Å². The molecule has 0 atom stereocenters. The minimum Gasteiger partial charge on any atom is -0.479 e. The first-order chi connectivity index (χ1) is 8.83. The topological polar surface area (TPSA) is 38.7 Å². The molecule has 3 nitrogen and oxygen atoms in total. The zero-order valence-electron chi connectivity index (χ0n) is 9.93. The summed E-state index contributed by atoms with van der Waals surface area (Å²) in [6, 6.07) is 13.8. The predicted molar refractivity (Wildman–Crippen MR) is 71.1 cm³/mol. The first kappa shape index (κ1) is 11.0. The molecule has 0 spiro atoms. The van der Waals surface area contributed by atoms with Gasteiger partial charge < -0.3 is 4.74 Å². The molecule has 2 aromatic carbocycles. The lowest BCUT2D eigenvalue weighted by Crippen LogP contribution is -2.08. The molecule has 3 rings (SSSR count). The molecular weight excluding hydrogens is 226 g/mol. The number of Topliss-reactive ketones (excluding diaryl/α,β-unsaturated/α-hetero) is 1. The number of hydrogen-bond acceptors (Lipinski definition) is 3. The molecule has 0 radical (unpaired) electrons. The van der Waals surface area contributed by atoms with E-state index in [1.807, 2.05) is 42.5 Å². The third-order valence-electron chi connectivity index (χ3n) is 3.03. The van der Waals surface area contributed by atoms with Crippen LogP contribution in [-0.2, 0) is 4.74 Å². The zero-order valence-corrected chi connectivity index (χ0v) is 9.93. The molecule has 2 aromatic rings. The third kappa shape index (κ3) is 2.12. The molecule has 90 valence electrons. The lowest BCUT2D eigenvalue weighted by Gasteiger charge is -2.03. The van der Waals surface area contributed by atoms with Crippen LogP contribution in [0.1, 0.15) is 16.8 Å². The van der Waals surface area contributed by atoms with Crippen LogP contribution in [0.4, 0.5) is 0 Å². The molecule has 1 aliphatic rings. The largest absolute Gasteiger partial charge is 0.479 e. The molecular formula is C15H13NO2. The molecule has 0 saturated heterocycles. The van der Waals surface area contributed by atoms with E-state index in [1.165, 1.54) is 0 Å². The fraction of sp³-hybridized carbons (Fsp3) is 0.200. The molecule has 1 heterocycles. The summed E-state index contributed by atoms with van der Waals surface area (Å²) in [5.74, 6) is 0.620. The van der Waals surface area contributed by atoms with Crippen molar-refractivity contribution in [2.45, 2.75) is 6.42 Å². The lowest BCUT2D eigenvalue weighted by molar-refractivity contribution is 0.0995. The minimum atomic E-state index is 0.0569. The number of aliphatic imine (C=N–C) groups is 1. The van der Waals surface area contributed by atoms with Crippen LogP contribution >= 0.6 is 0 Å². The molecule has 18 heavy (non-hydrogen) atoms. The van der Waals surface area contributed by atoms with Gasteiger partial charge in [0.05, 0.1) is 13.0 Å². The Morgan fingerprint density at radius 3 is 2.78 bits per heavy atom. The fourth-order valence-corrected chi connectivity index (χ4v) is 2.09. The Morgan fingerprint density at radius 2 is 2.00 bits per heavy atom. The number of fused-ring (bicyclic) bond motifs is 1. The smallest absolute Gasteiger partial charge is 0.191 e. The second-order valence-corrected chi connectivity index (χ2v) is 4.29. The minimum absolute atomic E-state index is 0.0569.